The molecule has 2 aliphatic heterocycles. The minimum atomic E-state index is -2.13. The number of aliphatic hydroxyl groups excluding tert-OH is 1. The summed E-state index contributed by atoms with van der Waals surface area (Å²) in [4.78, 5) is 27.5. The normalized spacial score (nSPS) is 47.3. The molecule has 0 unspecified atom stereocenters. The third-order valence-corrected chi connectivity index (χ3v) is 10.8. The molecule has 6 nitrogen and oxygen atoms in total. The number of hydrogen-bond acceptors (Lipinski definition) is 6. The molecule has 188 valence electrons. The molecule has 4 saturated carbocycles. The van der Waals surface area contributed by atoms with E-state index in [-0.39, 0.29) is 29.0 Å². The summed E-state index contributed by atoms with van der Waals surface area (Å²) in [5.41, 5.74) is -0.481. The van der Waals surface area contributed by atoms with Gasteiger partial charge in [0.2, 0.25) is 5.79 Å². The lowest BCUT2D eigenvalue weighted by molar-refractivity contribution is -0.454. The van der Waals surface area contributed by atoms with Crippen molar-refractivity contribution in [2.45, 2.75) is 71.4 Å². The van der Waals surface area contributed by atoms with Crippen molar-refractivity contribution in [3.05, 3.63) is 47.5 Å². The Hall–Kier alpha value is -2.02. The van der Waals surface area contributed by atoms with Gasteiger partial charge in [0.05, 0.1) is 12.2 Å². The number of fused-ring (bicyclic) bond motifs is 2. The molecule has 0 radical (unpaired) electrons. The van der Waals surface area contributed by atoms with Gasteiger partial charge in [-0.3, -0.25) is 4.79 Å². The molecule has 4 bridgehead atoms. The second kappa shape index (κ2) is 7.05. The van der Waals surface area contributed by atoms with E-state index in [2.05, 4.69) is 27.4 Å². The number of hydrogen-bond donors (Lipinski definition) is 2. The fraction of sp³-hybridized carbons (Fsp3) is 0.655. The molecule has 7 rings (SSSR count). The first-order valence-electron chi connectivity index (χ1n) is 13.0. The molecule has 2 spiro atoms. The Labute approximate surface area is 206 Å². The molecule has 4 aliphatic carbocycles. The zero-order valence-corrected chi connectivity index (χ0v) is 21.0. The first-order valence-corrected chi connectivity index (χ1v) is 13.0. The second-order valence-corrected chi connectivity index (χ2v) is 12.6. The number of carbonyl (C=O) groups excluding carboxylic acids is 2. The van der Waals surface area contributed by atoms with Gasteiger partial charge in [-0.05, 0) is 67.6 Å². The Kier molecular flexibility index (Phi) is 4.71. The molecular weight excluding hydrogens is 444 g/mol. The summed E-state index contributed by atoms with van der Waals surface area (Å²) in [5.74, 6) is -3.67. The maximum Gasteiger partial charge on any atom is 0.338 e. The van der Waals surface area contributed by atoms with Gasteiger partial charge in [0.1, 0.15) is 17.6 Å². The molecule has 2 heterocycles. The molecule has 0 aromatic heterocycles. The lowest BCUT2D eigenvalue weighted by Crippen LogP contribution is -2.85. The van der Waals surface area contributed by atoms with Crippen LogP contribution in [0.1, 0.15) is 62.4 Å². The van der Waals surface area contributed by atoms with Crippen molar-refractivity contribution in [1.29, 1.82) is 0 Å². The third kappa shape index (κ3) is 2.51. The average molecular weight is 481 g/mol. The highest BCUT2D eigenvalue weighted by atomic mass is 16.6. The van der Waals surface area contributed by atoms with Crippen LogP contribution in [0.4, 0.5) is 0 Å². The number of benzene rings is 1. The number of Topliss-reactive ketones (excluding diaryl/α,β-unsaturated/α-hetero) is 1. The van der Waals surface area contributed by atoms with Crippen LogP contribution in [0.2, 0.25) is 0 Å². The number of aliphatic hydroxyl groups is 2. The van der Waals surface area contributed by atoms with Crippen molar-refractivity contribution in [3.63, 3.8) is 0 Å². The Balaban J connectivity index is 1.52. The molecule has 1 aromatic rings. The van der Waals surface area contributed by atoms with E-state index in [0.717, 1.165) is 18.4 Å². The molecule has 2 N–H and O–H groups in total. The molecule has 1 aromatic carbocycles. The Bertz CT molecular complexity index is 1120. The molecular formula is C29H36O6. The predicted molar refractivity (Wildman–Crippen MR) is 128 cm³/mol. The molecule has 6 aliphatic rings. The van der Waals surface area contributed by atoms with Crippen LogP contribution in [0, 0.1) is 46.8 Å². The summed E-state index contributed by atoms with van der Waals surface area (Å²) >= 11 is 0. The van der Waals surface area contributed by atoms with Crippen molar-refractivity contribution in [3.8, 4) is 0 Å². The summed E-state index contributed by atoms with van der Waals surface area (Å²) in [5, 5.41) is 24.1. The van der Waals surface area contributed by atoms with Gasteiger partial charge in [0, 0.05) is 17.3 Å². The van der Waals surface area contributed by atoms with Gasteiger partial charge < -0.3 is 19.7 Å². The van der Waals surface area contributed by atoms with E-state index in [1.54, 1.807) is 12.1 Å². The predicted octanol–water partition coefficient (Wildman–Crippen LogP) is 3.82. The number of carbonyl (C=O) groups is 2. The van der Waals surface area contributed by atoms with Crippen LogP contribution >= 0.6 is 0 Å². The van der Waals surface area contributed by atoms with Crippen molar-refractivity contribution in [2.75, 3.05) is 6.61 Å². The number of rotatable bonds is 2. The van der Waals surface area contributed by atoms with Crippen molar-refractivity contribution >= 4 is 11.8 Å². The van der Waals surface area contributed by atoms with Crippen molar-refractivity contribution < 1.29 is 29.3 Å². The van der Waals surface area contributed by atoms with E-state index in [9.17, 15) is 19.8 Å². The number of ether oxygens (including phenoxy) is 2. The minimum absolute atomic E-state index is 0.188. The van der Waals surface area contributed by atoms with Crippen LogP contribution in [0.5, 0.6) is 0 Å². The van der Waals surface area contributed by atoms with Gasteiger partial charge in [-0.15, -0.1) is 0 Å². The zero-order chi connectivity index (χ0) is 25.1. The summed E-state index contributed by atoms with van der Waals surface area (Å²) in [6.07, 6.45) is 1.07. The molecule has 35 heavy (non-hydrogen) atoms. The summed E-state index contributed by atoms with van der Waals surface area (Å²) in [6.45, 7) is 12.8. The van der Waals surface area contributed by atoms with Gasteiger partial charge in [0.15, 0.2) is 5.78 Å². The van der Waals surface area contributed by atoms with Crippen LogP contribution < -0.4 is 0 Å². The summed E-state index contributed by atoms with van der Waals surface area (Å²) in [6, 6.07) is 7.11. The molecule has 2 saturated heterocycles. The number of aryl methyl sites for hydroxylation is 1. The Morgan fingerprint density at radius 2 is 1.86 bits per heavy atom. The quantitative estimate of drug-likeness (QED) is 0.494. The van der Waals surface area contributed by atoms with Crippen LogP contribution in [0.3, 0.4) is 0 Å². The van der Waals surface area contributed by atoms with Crippen LogP contribution in [0.15, 0.2) is 36.4 Å². The highest BCUT2D eigenvalue weighted by Gasteiger charge is 2.87. The topological polar surface area (TPSA) is 93.1 Å². The van der Waals surface area contributed by atoms with E-state index < -0.39 is 40.7 Å². The van der Waals surface area contributed by atoms with Gasteiger partial charge in [-0.2, -0.15) is 0 Å². The van der Waals surface area contributed by atoms with Gasteiger partial charge >= 0.3 is 5.97 Å². The van der Waals surface area contributed by atoms with Crippen LogP contribution in [-0.2, 0) is 14.3 Å². The van der Waals surface area contributed by atoms with E-state index in [4.69, 9.17) is 9.47 Å². The van der Waals surface area contributed by atoms with Gasteiger partial charge in [-0.25, -0.2) is 4.79 Å². The fourth-order valence-corrected chi connectivity index (χ4v) is 9.25. The Morgan fingerprint density at radius 1 is 1.17 bits per heavy atom. The van der Waals surface area contributed by atoms with Crippen molar-refractivity contribution in [1.82, 2.24) is 0 Å². The summed E-state index contributed by atoms with van der Waals surface area (Å²) < 4.78 is 12.4. The minimum Gasteiger partial charge on any atom is -0.457 e. The fourth-order valence-electron chi connectivity index (χ4n) is 9.25. The van der Waals surface area contributed by atoms with E-state index >= 15 is 0 Å². The first kappa shape index (κ1) is 23.4. The third-order valence-electron chi connectivity index (χ3n) is 10.8. The van der Waals surface area contributed by atoms with Gasteiger partial charge in [0.25, 0.3) is 0 Å². The highest BCUT2D eigenvalue weighted by molar-refractivity contribution is 6.05. The van der Waals surface area contributed by atoms with E-state index in [1.165, 1.54) is 0 Å². The van der Waals surface area contributed by atoms with E-state index in [1.807, 2.05) is 19.1 Å². The highest BCUT2D eigenvalue weighted by Crippen LogP contribution is 2.77. The smallest absolute Gasteiger partial charge is 0.338 e. The first-order chi connectivity index (χ1) is 16.4. The SMILES string of the molecule is C=C1C(=O)[C@]23[C@H](OC(=O)c4ccc(C)cc4)[C@H]1CC[C@H]2[C@@]12CO[C@@]3(O)[C@@H](O)[C@@H]1C(C)(C)CC[C@@H]2C. The van der Waals surface area contributed by atoms with Crippen molar-refractivity contribution in [2.24, 2.45) is 39.9 Å². The monoisotopic (exact) mass is 480 g/mol. The molecule has 6 heteroatoms. The van der Waals surface area contributed by atoms with Crippen LogP contribution in [-0.4, -0.2) is 46.6 Å². The lowest BCUT2D eigenvalue weighted by atomic mass is 9.34. The standard InChI is InChI=1S/C29H36O6/c1-15-6-8-18(9-7-15)25(32)35-24-19-10-11-20-27-14-34-29(33,28(20,24)22(30)17(19)3)23(31)21(27)26(4,5)13-12-16(27)2/h6-9,16,19-21,23-24,31,33H,3,10-14H2,1-2,4-5H3/t16-,19-,20-,21+,23-,24+,27-,28-,29-/m0/s1. The molecule has 9 atom stereocenters. The van der Waals surface area contributed by atoms with Gasteiger partial charge in [-0.1, -0.05) is 45.0 Å². The maximum absolute atomic E-state index is 14.2. The number of ketones is 1. The van der Waals surface area contributed by atoms with Crippen LogP contribution in [0.25, 0.3) is 0 Å². The maximum atomic E-state index is 14.2. The summed E-state index contributed by atoms with van der Waals surface area (Å²) in [7, 11) is 0. The molecule has 6 fully saturated rings. The lowest BCUT2D eigenvalue weighted by Gasteiger charge is -2.75. The second-order valence-electron chi connectivity index (χ2n) is 12.6. The largest absolute Gasteiger partial charge is 0.457 e. The average Bonchev–Trinajstić information content (AvgIpc) is 2.93. The number of esters is 1. The zero-order valence-electron chi connectivity index (χ0n) is 21.0. The Morgan fingerprint density at radius 3 is 2.54 bits per heavy atom. The van der Waals surface area contributed by atoms with E-state index in [0.29, 0.717) is 30.6 Å². The molecule has 0 amide bonds.